The molecule has 96 valence electrons. The molecule has 2 heterocycles. The lowest BCUT2D eigenvalue weighted by Crippen LogP contribution is -2.23. The van der Waals surface area contributed by atoms with Gasteiger partial charge >= 0.3 is 0 Å². The first-order valence-corrected chi connectivity index (χ1v) is 6.14. The smallest absolute Gasteiger partial charge is 0.255 e. The third-order valence-electron chi connectivity index (χ3n) is 2.36. The molecule has 0 saturated carbocycles. The summed E-state index contributed by atoms with van der Waals surface area (Å²) in [4.78, 5) is 11.3. The lowest BCUT2D eigenvalue weighted by Gasteiger charge is -2.14. The summed E-state index contributed by atoms with van der Waals surface area (Å²) in [6.45, 7) is 2.64. The SMILES string of the molecule is CC(Cn1cccn1)Nc1snc(N)c1C(N)=O. The maximum atomic E-state index is 11.3. The Kier molecular flexibility index (Phi) is 3.47. The normalized spacial score (nSPS) is 12.3. The zero-order valence-electron chi connectivity index (χ0n) is 9.83. The molecule has 1 atom stereocenters. The number of amides is 1. The Morgan fingerprint density at radius 1 is 1.67 bits per heavy atom. The van der Waals surface area contributed by atoms with E-state index in [4.69, 9.17) is 11.5 Å². The Morgan fingerprint density at radius 2 is 2.44 bits per heavy atom. The van der Waals surface area contributed by atoms with Gasteiger partial charge in [-0.2, -0.15) is 9.47 Å². The molecule has 1 amide bonds. The van der Waals surface area contributed by atoms with Crippen LogP contribution in [0, 0.1) is 0 Å². The monoisotopic (exact) mass is 266 g/mol. The summed E-state index contributed by atoms with van der Waals surface area (Å²) in [6.07, 6.45) is 3.58. The summed E-state index contributed by atoms with van der Waals surface area (Å²) in [6, 6.07) is 1.93. The Balaban J connectivity index is 2.07. The fraction of sp³-hybridized carbons (Fsp3) is 0.300. The fourth-order valence-electron chi connectivity index (χ4n) is 1.60. The number of carbonyl (C=O) groups is 1. The Bertz CT molecular complexity index is 535. The molecular formula is C10H14N6OS. The van der Waals surface area contributed by atoms with Crippen molar-refractivity contribution in [2.24, 2.45) is 5.73 Å². The summed E-state index contributed by atoms with van der Waals surface area (Å²) in [7, 11) is 0. The van der Waals surface area contributed by atoms with E-state index < -0.39 is 5.91 Å². The number of aromatic nitrogens is 3. The number of primary amides is 1. The zero-order chi connectivity index (χ0) is 13.1. The number of anilines is 2. The number of rotatable bonds is 5. The molecule has 0 fully saturated rings. The van der Waals surface area contributed by atoms with Crippen LogP contribution in [-0.2, 0) is 6.54 Å². The van der Waals surface area contributed by atoms with Gasteiger partial charge in [-0.3, -0.25) is 9.48 Å². The van der Waals surface area contributed by atoms with Crippen LogP contribution in [0.25, 0.3) is 0 Å². The van der Waals surface area contributed by atoms with E-state index in [2.05, 4.69) is 14.8 Å². The second kappa shape index (κ2) is 5.05. The first-order valence-electron chi connectivity index (χ1n) is 5.37. The molecule has 0 radical (unpaired) electrons. The molecule has 0 spiro atoms. The van der Waals surface area contributed by atoms with Gasteiger partial charge in [-0.25, -0.2) is 0 Å². The van der Waals surface area contributed by atoms with Crippen LogP contribution in [0.1, 0.15) is 17.3 Å². The van der Waals surface area contributed by atoms with E-state index in [1.54, 1.807) is 10.9 Å². The second-order valence-electron chi connectivity index (χ2n) is 3.91. The minimum atomic E-state index is -0.574. The molecule has 2 aromatic rings. The number of hydrogen-bond acceptors (Lipinski definition) is 6. The highest BCUT2D eigenvalue weighted by molar-refractivity contribution is 7.11. The molecule has 0 aliphatic rings. The van der Waals surface area contributed by atoms with E-state index in [1.165, 1.54) is 0 Å². The number of nitrogens with zero attached hydrogens (tertiary/aromatic N) is 3. The summed E-state index contributed by atoms with van der Waals surface area (Å²) in [5, 5.41) is 7.87. The molecule has 8 heteroatoms. The number of nitrogens with two attached hydrogens (primary N) is 2. The predicted molar refractivity (Wildman–Crippen MR) is 70.4 cm³/mol. The lowest BCUT2D eigenvalue weighted by molar-refractivity contribution is 0.100. The van der Waals surface area contributed by atoms with Gasteiger partial charge in [0.1, 0.15) is 10.6 Å². The van der Waals surface area contributed by atoms with Crippen molar-refractivity contribution >= 4 is 28.3 Å². The molecule has 0 bridgehead atoms. The maximum absolute atomic E-state index is 11.3. The Morgan fingerprint density at radius 3 is 3.06 bits per heavy atom. The number of nitrogens with one attached hydrogen (secondary N) is 1. The molecule has 2 aromatic heterocycles. The van der Waals surface area contributed by atoms with Crippen LogP contribution in [0.4, 0.5) is 10.8 Å². The summed E-state index contributed by atoms with van der Waals surface area (Å²) in [5.74, 6) is -0.406. The van der Waals surface area contributed by atoms with Crippen molar-refractivity contribution in [2.45, 2.75) is 19.5 Å². The Labute approximate surface area is 108 Å². The minimum absolute atomic E-state index is 0.0721. The van der Waals surface area contributed by atoms with Gasteiger partial charge in [-0.15, -0.1) is 0 Å². The molecule has 2 rings (SSSR count). The summed E-state index contributed by atoms with van der Waals surface area (Å²) < 4.78 is 5.72. The van der Waals surface area contributed by atoms with Crippen molar-refractivity contribution in [3.05, 3.63) is 24.0 Å². The van der Waals surface area contributed by atoms with Gasteiger partial charge in [0.2, 0.25) is 0 Å². The van der Waals surface area contributed by atoms with Gasteiger partial charge in [-0.1, -0.05) is 0 Å². The summed E-state index contributed by atoms with van der Waals surface area (Å²) in [5.41, 5.74) is 11.1. The van der Waals surface area contributed by atoms with Crippen molar-refractivity contribution in [1.29, 1.82) is 0 Å². The highest BCUT2D eigenvalue weighted by atomic mass is 32.1. The third kappa shape index (κ3) is 2.59. The lowest BCUT2D eigenvalue weighted by atomic mass is 10.2. The second-order valence-corrected chi connectivity index (χ2v) is 4.68. The van der Waals surface area contributed by atoms with E-state index in [0.29, 0.717) is 11.5 Å². The van der Waals surface area contributed by atoms with Gasteiger partial charge in [0.25, 0.3) is 5.91 Å². The highest BCUT2D eigenvalue weighted by Gasteiger charge is 2.18. The molecule has 7 nitrogen and oxygen atoms in total. The van der Waals surface area contributed by atoms with Crippen LogP contribution >= 0.6 is 11.5 Å². The van der Waals surface area contributed by atoms with Crippen molar-refractivity contribution in [1.82, 2.24) is 14.2 Å². The molecule has 1 unspecified atom stereocenters. The van der Waals surface area contributed by atoms with E-state index in [-0.39, 0.29) is 17.4 Å². The van der Waals surface area contributed by atoms with Crippen molar-refractivity contribution in [2.75, 3.05) is 11.1 Å². The average molecular weight is 266 g/mol. The van der Waals surface area contributed by atoms with Gasteiger partial charge in [0.05, 0.1) is 6.54 Å². The van der Waals surface area contributed by atoms with Crippen molar-refractivity contribution in [3.63, 3.8) is 0 Å². The molecule has 0 aromatic carbocycles. The van der Waals surface area contributed by atoms with Crippen LogP contribution in [0.2, 0.25) is 0 Å². The van der Waals surface area contributed by atoms with Crippen LogP contribution in [0.5, 0.6) is 0 Å². The Hall–Kier alpha value is -2.09. The quantitative estimate of drug-likeness (QED) is 0.730. The first kappa shape index (κ1) is 12.4. The topological polar surface area (TPSA) is 112 Å². The fourth-order valence-corrected chi connectivity index (χ4v) is 2.43. The third-order valence-corrected chi connectivity index (χ3v) is 3.16. The summed E-state index contributed by atoms with van der Waals surface area (Å²) >= 11 is 1.13. The molecule has 5 N–H and O–H groups in total. The molecular weight excluding hydrogens is 252 g/mol. The van der Waals surface area contributed by atoms with Crippen molar-refractivity contribution in [3.8, 4) is 0 Å². The van der Waals surface area contributed by atoms with E-state index in [0.717, 1.165) is 11.5 Å². The maximum Gasteiger partial charge on any atom is 0.255 e. The molecule has 0 saturated heterocycles. The largest absolute Gasteiger partial charge is 0.382 e. The van der Waals surface area contributed by atoms with E-state index in [1.807, 2.05) is 19.2 Å². The van der Waals surface area contributed by atoms with Crippen LogP contribution in [0.3, 0.4) is 0 Å². The van der Waals surface area contributed by atoms with Gasteiger partial charge < -0.3 is 16.8 Å². The highest BCUT2D eigenvalue weighted by Crippen LogP contribution is 2.26. The first-order chi connectivity index (χ1) is 8.58. The van der Waals surface area contributed by atoms with Gasteiger partial charge in [-0.05, 0) is 24.5 Å². The van der Waals surface area contributed by atoms with Crippen LogP contribution in [0.15, 0.2) is 18.5 Å². The molecule has 18 heavy (non-hydrogen) atoms. The van der Waals surface area contributed by atoms with Crippen LogP contribution in [-0.4, -0.2) is 26.1 Å². The van der Waals surface area contributed by atoms with Crippen LogP contribution < -0.4 is 16.8 Å². The van der Waals surface area contributed by atoms with Crippen molar-refractivity contribution < 1.29 is 4.79 Å². The molecule has 0 aliphatic carbocycles. The zero-order valence-corrected chi connectivity index (χ0v) is 10.6. The minimum Gasteiger partial charge on any atom is -0.382 e. The standard InChI is InChI=1S/C10H14N6OS/c1-6(5-16-4-2-3-13-16)14-10-7(9(12)17)8(11)15-18-10/h2-4,6,14H,5H2,1H3,(H2,11,15)(H2,12,17). The van der Waals surface area contributed by atoms with Gasteiger partial charge in [0, 0.05) is 18.4 Å². The molecule has 0 aliphatic heterocycles. The number of nitrogen functional groups attached to an aromatic ring is 1. The number of hydrogen-bond donors (Lipinski definition) is 3. The van der Waals surface area contributed by atoms with E-state index in [9.17, 15) is 4.79 Å². The van der Waals surface area contributed by atoms with E-state index >= 15 is 0 Å². The number of carbonyl (C=O) groups excluding carboxylic acids is 1. The predicted octanol–water partition coefficient (Wildman–Crippen LogP) is 0.521. The van der Waals surface area contributed by atoms with Gasteiger partial charge in [0.15, 0.2) is 5.82 Å². The average Bonchev–Trinajstić information content (AvgIpc) is 2.88.